The minimum Gasteiger partial charge on any atom is -0.363 e. The van der Waals surface area contributed by atoms with Crippen molar-refractivity contribution in [3.63, 3.8) is 0 Å². The maximum atomic E-state index is 5.76. The van der Waals surface area contributed by atoms with E-state index in [1.54, 1.807) is 18.8 Å². The Morgan fingerprint density at radius 2 is 2.62 bits per heavy atom. The summed E-state index contributed by atoms with van der Waals surface area (Å²) >= 11 is 9.02. The summed E-state index contributed by atoms with van der Waals surface area (Å²) in [6.07, 6.45) is 1.84. The molecule has 0 amide bonds. The Labute approximate surface area is 89.6 Å². The van der Waals surface area contributed by atoms with Gasteiger partial charge in [-0.05, 0) is 0 Å². The minimum absolute atomic E-state index is 0.420. The third-order valence-corrected chi connectivity index (χ3v) is 4.34. The normalized spacial score (nSPS) is 25.1. The second kappa shape index (κ2) is 3.86. The van der Waals surface area contributed by atoms with Crippen LogP contribution in [0.1, 0.15) is 10.1 Å². The molecule has 70 valence electrons. The fourth-order valence-electron chi connectivity index (χ4n) is 1.10. The lowest BCUT2D eigenvalue weighted by atomic mass is 10.4. The molecule has 0 bridgehead atoms. The number of hydrogen-bond acceptors (Lipinski definition) is 4. The van der Waals surface area contributed by atoms with Crippen LogP contribution in [-0.4, -0.2) is 23.7 Å². The van der Waals surface area contributed by atoms with Gasteiger partial charge in [0.05, 0.1) is 5.25 Å². The summed E-state index contributed by atoms with van der Waals surface area (Å²) in [5, 5.41) is 4.63. The highest BCUT2D eigenvalue weighted by atomic mass is 35.5. The standard InChI is InChI=1S/C7H8ClN3S2/c1-9-7-11-3-5(13-7)4-2-10-6(8)12-4/h2,5H,3H2,1H3,(H,9,11). The Balaban J connectivity index is 2.12. The van der Waals surface area contributed by atoms with Gasteiger partial charge in [0, 0.05) is 24.7 Å². The Hall–Kier alpha value is -0.260. The predicted octanol–water partition coefficient (Wildman–Crippen LogP) is 2.16. The lowest BCUT2D eigenvalue weighted by Gasteiger charge is -1.99. The van der Waals surface area contributed by atoms with E-state index in [9.17, 15) is 0 Å². The lowest BCUT2D eigenvalue weighted by molar-refractivity contribution is 0.892. The number of thiazole rings is 1. The lowest BCUT2D eigenvalue weighted by Crippen LogP contribution is -2.13. The SMILES string of the molecule is CN=C1NCC(c2cnc(Cl)s2)S1. The van der Waals surface area contributed by atoms with Gasteiger partial charge in [-0.2, -0.15) is 0 Å². The molecule has 1 aromatic rings. The minimum atomic E-state index is 0.420. The van der Waals surface area contributed by atoms with Crippen LogP contribution in [0.4, 0.5) is 0 Å². The van der Waals surface area contributed by atoms with E-state index in [1.165, 1.54) is 16.2 Å². The number of hydrogen-bond donors (Lipinski definition) is 1. The Morgan fingerprint density at radius 3 is 3.15 bits per heavy atom. The highest BCUT2D eigenvalue weighted by molar-refractivity contribution is 8.14. The number of amidine groups is 1. The second-order valence-corrected chi connectivity index (χ2v) is 5.37. The maximum Gasteiger partial charge on any atom is 0.183 e. The summed E-state index contributed by atoms with van der Waals surface area (Å²) in [5.41, 5.74) is 0. The highest BCUT2D eigenvalue weighted by Crippen LogP contribution is 2.36. The van der Waals surface area contributed by atoms with Gasteiger partial charge in [0.1, 0.15) is 0 Å². The van der Waals surface area contributed by atoms with E-state index in [4.69, 9.17) is 11.6 Å². The average Bonchev–Trinajstić information content (AvgIpc) is 2.71. The molecule has 13 heavy (non-hydrogen) atoms. The van der Waals surface area contributed by atoms with Crippen LogP contribution in [0.5, 0.6) is 0 Å². The number of rotatable bonds is 1. The molecule has 0 spiro atoms. The summed E-state index contributed by atoms with van der Waals surface area (Å²) < 4.78 is 0.609. The first kappa shape index (κ1) is 9.30. The van der Waals surface area contributed by atoms with Gasteiger partial charge in [-0.3, -0.25) is 4.99 Å². The second-order valence-electron chi connectivity index (χ2n) is 2.53. The molecule has 2 heterocycles. The van der Waals surface area contributed by atoms with Gasteiger partial charge < -0.3 is 5.32 Å². The van der Waals surface area contributed by atoms with E-state index in [0.717, 1.165) is 11.7 Å². The van der Waals surface area contributed by atoms with E-state index in [-0.39, 0.29) is 0 Å². The molecule has 2 rings (SSSR count). The zero-order valence-corrected chi connectivity index (χ0v) is 9.34. The Kier molecular flexibility index (Phi) is 2.76. The van der Waals surface area contributed by atoms with E-state index in [2.05, 4.69) is 15.3 Å². The van der Waals surface area contributed by atoms with Gasteiger partial charge in [-0.1, -0.05) is 23.4 Å². The zero-order chi connectivity index (χ0) is 9.26. The third-order valence-electron chi connectivity index (χ3n) is 1.71. The summed E-state index contributed by atoms with van der Waals surface area (Å²) in [4.78, 5) is 9.31. The van der Waals surface area contributed by atoms with Gasteiger partial charge in [0.25, 0.3) is 0 Å². The Bertz CT molecular complexity index is 336. The smallest absolute Gasteiger partial charge is 0.183 e. The van der Waals surface area contributed by atoms with Crippen molar-refractivity contribution >= 4 is 39.9 Å². The number of thioether (sulfide) groups is 1. The number of aromatic nitrogens is 1. The fraction of sp³-hybridized carbons (Fsp3) is 0.429. The molecule has 6 heteroatoms. The largest absolute Gasteiger partial charge is 0.363 e. The van der Waals surface area contributed by atoms with Crippen molar-refractivity contribution in [1.29, 1.82) is 0 Å². The molecular weight excluding hydrogens is 226 g/mol. The average molecular weight is 234 g/mol. The molecule has 1 unspecified atom stereocenters. The van der Waals surface area contributed by atoms with Crippen molar-refractivity contribution < 1.29 is 0 Å². The topological polar surface area (TPSA) is 37.3 Å². The molecular formula is C7H8ClN3S2. The first-order chi connectivity index (χ1) is 6.29. The van der Waals surface area contributed by atoms with Crippen LogP contribution >= 0.6 is 34.7 Å². The van der Waals surface area contributed by atoms with Crippen LogP contribution in [0.15, 0.2) is 11.2 Å². The molecule has 1 aliphatic rings. The first-order valence-electron chi connectivity index (χ1n) is 3.78. The molecule has 1 atom stereocenters. The van der Waals surface area contributed by atoms with Crippen LogP contribution in [0.25, 0.3) is 0 Å². The van der Waals surface area contributed by atoms with Crippen molar-refractivity contribution in [3.8, 4) is 0 Å². The molecule has 1 saturated heterocycles. The monoisotopic (exact) mass is 233 g/mol. The van der Waals surface area contributed by atoms with Crippen LogP contribution in [0, 0.1) is 0 Å². The summed E-state index contributed by atoms with van der Waals surface area (Å²) in [5.74, 6) is 0. The van der Waals surface area contributed by atoms with Crippen molar-refractivity contribution in [2.45, 2.75) is 5.25 Å². The van der Waals surface area contributed by atoms with Crippen LogP contribution in [0.3, 0.4) is 0 Å². The van der Waals surface area contributed by atoms with Gasteiger partial charge in [-0.15, -0.1) is 11.3 Å². The number of nitrogens with zero attached hydrogens (tertiary/aromatic N) is 2. The molecule has 3 nitrogen and oxygen atoms in total. The van der Waals surface area contributed by atoms with Crippen molar-refractivity contribution in [1.82, 2.24) is 10.3 Å². The molecule has 0 radical (unpaired) electrons. The first-order valence-corrected chi connectivity index (χ1v) is 5.85. The number of aliphatic imine (C=N–C) groups is 1. The van der Waals surface area contributed by atoms with Crippen molar-refractivity contribution in [3.05, 3.63) is 15.5 Å². The summed E-state index contributed by atoms with van der Waals surface area (Å²) in [7, 11) is 1.79. The molecule has 1 fully saturated rings. The number of halogens is 1. The van der Waals surface area contributed by atoms with Crippen LogP contribution in [-0.2, 0) is 0 Å². The van der Waals surface area contributed by atoms with E-state index >= 15 is 0 Å². The van der Waals surface area contributed by atoms with Gasteiger partial charge in [0.15, 0.2) is 9.63 Å². The number of nitrogens with one attached hydrogen (secondary N) is 1. The summed E-state index contributed by atoms with van der Waals surface area (Å²) in [6, 6.07) is 0. The van der Waals surface area contributed by atoms with Crippen LogP contribution < -0.4 is 5.32 Å². The molecule has 1 aromatic heterocycles. The van der Waals surface area contributed by atoms with Gasteiger partial charge in [0.2, 0.25) is 0 Å². The van der Waals surface area contributed by atoms with Crippen LogP contribution in [0.2, 0.25) is 4.47 Å². The van der Waals surface area contributed by atoms with E-state index in [1.807, 2.05) is 6.20 Å². The van der Waals surface area contributed by atoms with Crippen molar-refractivity contribution in [2.75, 3.05) is 13.6 Å². The van der Waals surface area contributed by atoms with Gasteiger partial charge >= 0.3 is 0 Å². The van der Waals surface area contributed by atoms with E-state index in [0.29, 0.717) is 9.72 Å². The maximum absolute atomic E-state index is 5.76. The Morgan fingerprint density at radius 1 is 1.77 bits per heavy atom. The summed E-state index contributed by atoms with van der Waals surface area (Å²) in [6.45, 7) is 0.913. The van der Waals surface area contributed by atoms with Crippen molar-refractivity contribution in [2.24, 2.45) is 4.99 Å². The molecule has 0 aliphatic carbocycles. The highest BCUT2D eigenvalue weighted by Gasteiger charge is 2.23. The quantitative estimate of drug-likeness (QED) is 0.808. The zero-order valence-electron chi connectivity index (χ0n) is 6.95. The predicted molar refractivity (Wildman–Crippen MR) is 58.8 cm³/mol. The molecule has 0 aromatic carbocycles. The third kappa shape index (κ3) is 1.98. The molecule has 1 aliphatic heterocycles. The molecule has 0 saturated carbocycles. The molecule has 1 N–H and O–H groups in total. The fourth-order valence-corrected chi connectivity index (χ4v) is 3.21. The van der Waals surface area contributed by atoms with Gasteiger partial charge in [-0.25, -0.2) is 4.98 Å². The van der Waals surface area contributed by atoms with E-state index < -0.39 is 0 Å².